The molecule has 4 heteroatoms. The maximum absolute atomic E-state index is 9.49. The Kier molecular flexibility index (Phi) is 8.02. The largest absolute Gasteiger partial charge is 0.750 e. The lowest BCUT2D eigenvalue weighted by atomic mass is 10.2. The summed E-state index contributed by atoms with van der Waals surface area (Å²) in [6.07, 6.45) is 1.36. The van der Waals surface area contributed by atoms with Crippen molar-refractivity contribution in [2.24, 2.45) is 0 Å². The van der Waals surface area contributed by atoms with Crippen LogP contribution in [0.3, 0.4) is 0 Å². The highest BCUT2D eigenvalue weighted by Crippen LogP contribution is 1.92. The predicted octanol–water partition coefficient (Wildman–Crippen LogP) is 1.98. The predicted molar refractivity (Wildman–Crippen MR) is 56.2 cm³/mol. The lowest BCUT2D eigenvalue weighted by Crippen LogP contribution is -1.93. The van der Waals surface area contributed by atoms with E-state index in [1.165, 1.54) is 11.6 Å². The second-order valence-electron chi connectivity index (χ2n) is 2.43. The van der Waals surface area contributed by atoms with Gasteiger partial charge in [0.2, 0.25) is 0 Å². The Morgan fingerprint density at radius 2 is 2.07 bits per heavy atom. The van der Waals surface area contributed by atoms with Gasteiger partial charge in [0.25, 0.3) is 0 Å². The van der Waals surface area contributed by atoms with E-state index in [1.807, 2.05) is 18.2 Å². The second-order valence-corrected chi connectivity index (χ2v) is 3.08. The van der Waals surface area contributed by atoms with E-state index in [0.717, 1.165) is 0 Å². The van der Waals surface area contributed by atoms with Crippen LogP contribution in [0.5, 0.6) is 0 Å². The van der Waals surface area contributed by atoms with E-state index in [2.05, 4.69) is 29.8 Å². The summed E-state index contributed by atoms with van der Waals surface area (Å²) < 4.78 is 23.0. The fourth-order valence-corrected chi connectivity index (χ4v) is 0.845. The van der Waals surface area contributed by atoms with Crippen molar-refractivity contribution in [3.63, 3.8) is 0 Å². The molecule has 1 unspecified atom stereocenters. The zero-order valence-electron chi connectivity index (χ0n) is 8.01. The minimum absolute atomic E-state index is 0.0517. The Morgan fingerprint density at radius 1 is 1.50 bits per heavy atom. The van der Waals surface area contributed by atoms with Crippen LogP contribution in [0.1, 0.15) is 5.56 Å². The molecule has 1 aromatic carbocycles. The number of benzene rings is 1. The van der Waals surface area contributed by atoms with Gasteiger partial charge >= 0.3 is 0 Å². The van der Waals surface area contributed by atoms with Crippen LogP contribution in [0, 0.1) is 6.92 Å². The van der Waals surface area contributed by atoms with E-state index in [-0.39, 0.29) is 6.61 Å². The molecule has 14 heavy (non-hydrogen) atoms. The van der Waals surface area contributed by atoms with Crippen LogP contribution < -0.4 is 0 Å². The lowest BCUT2D eigenvalue weighted by molar-refractivity contribution is 0.334. The zero-order chi connectivity index (χ0) is 10.8. The molecule has 1 rings (SSSR count). The average Bonchev–Trinajstić information content (AvgIpc) is 2.17. The first kappa shape index (κ1) is 13.0. The third-order valence-electron chi connectivity index (χ3n) is 1.22. The highest BCUT2D eigenvalue weighted by atomic mass is 32.2. The fraction of sp³-hybridized carbons (Fsp3) is 0.200. The molecule has 0 aliphatic rings. The molecular weight excluding hydrogens is 200 g/mol. The standard InChI is InChI=1S/C7H8.C3H6O3S/c1-7-5-3-2-4-6-7;1-2-3-6-7(4)5/h2-6H,1H3;2H,1,3H2,(H,4,5)/p-1. The van der Waals surface area contributed by atoms with E-state index < -0.39 is 11.4 Å². The van der Waals surface area contributed by atoms with E-state index in [0.29, 0.717) is 0 Å². The first-order valence-electron chi connectivity index (χ1n) is 4.02. The molecule has 0 N–H and O–H groups in total. The topological polar surface area (TPSA) is 49.4 Å². The number of aryl methyl sites for hydroxylation is 1. The van der Waals surface area contributed by atoms with Crippen LogP contribution in [0.4, 0.5) is 0 Å². The Morgan fingerprint density at radius 3 is 2.29 bits per heavy atom. The third-order valence-corrected chi connectivity index (χ3v) is 1.55. The molecule has 0 amide bonds. The molecular formula is C10H13O3S-. The van der Waals surface area contributed by atoms with Gasteiger partial charge in [-0.05, 0) is 6.92 Å². The van der Waals surface area contributed by atoms with E-state index >= 15 is 0 Å². The summed E-state index contributed by atoms with van der Waals surface area (Å²) in [4.78, 5) is 0. The molecule has 0 saturated heterocycles. The molecule has 0 spiro atoms. The minimum atomic E-state index is -2.39. The van der Waals surface area contributed by atoms with Gasteiger partial charge in [0.1, 0.15) is 0 Å². The van der Waals surface area contributed by atoms with Gasteiger partial charge < -0.3 is 4.55 Å². The van der Waals surface area contributed by atoms with Gasteiger partial charge in [-0.15, -0.1) is 6.58 Å². The number of rotatable bonds is 3. The molecule has 0 bridgehead atoms. The van der Waals surface area contributed by atoms with Gasteiger partial charge in [0.05, 0.1) is 18.0 Å². The molecule has 1 aromatic rings. The van der Waals surface area contributed by atoms with Crippen molar-refractivity contribution < 1.29 is 12.9 Å². The summed E-state index contributed by atoms with van der Waals surface area (Å²) in [6, 6.07) is 10.3. The molecule has 0 fully saturated rings. The maximum atomic E-state index is 9.49. The van der Waals surface area contributed by atoms with Crippen molar-refractivity contribution >= 4 is 11.4 Å². The smallest absolute Gasteiger partial charge is 0.0845 e. The lowest BCUT2D eigenvalue weighted by Gasteiger charge is -1.99. The molecule has 1 atom stereocenters. The van der Waals surface area contributed by atoms with Gasteiger partial charge in [0, 0.05) is 0 Å². The summed E-state index contributed by atoms with van der Waals surface area (Å²) in [7, 11) is 0. The molecule has 0 aliphatic carbocycles. The van der Waals surface area contributed by atoms with Gasteiger partial charge in [-0.1, -0.05) is 42.0 Å². The van der Waals surface area contributed by atoms with Crippen LogP contribution in [0.25, 0.3) is 0 Å². The first-order valence-corrected chi connectivity index (χ1v) is 5.02. The molecule has 78 valence electrons. The van der Waals surface area contributed by atoms with Crippen LogP contribution in [-0.2, 0) is 15.5 Å². The summed E-state index contributed by atoms with van der Waals surface area (Å²) in [6.45, 7) is 5.37. The van der Waals surface area contributed by atoms with Gasteiger partial charge in [-0.25, -0.2) is 4.21 Å². The second kappa shape index (κ2) is 8.62. The van der Waals surface area contributed by atoms with Crippen molar-refractivity contribution in [2.75, 3.05) is 6.61 Å². The Bertz CT molecular complexity index is 272. The van der Waals surface area contributed by atoms with Crippen LogP contribution in [0.15, 0.2) is 43.0 Å². The molecule has 3 nitrogen and oxygen atoms in total. The number of hydrogen-bond donors (Lipinski definition) is 0. The number of hydrogen-bond acceptors (Lipinski definition) is 3. The molecule has 0 aliphatic heterocycles. The summed E-state index contributed by atoms with van der Waals surface area (Å²) in [5, 5.41) is 0. The first-order chi connectivity index (χ1) is 6.66. The Labute approximate surface area is 86.9 Å². The normalized spacial score (nSPS) is 11.0. The van der Waals surface area contributed by atoms with Crippen LogP contribution in [0.2, 0.25) is 0 Å². The van der Waals surface area contributed by atoms with E-state index in [4.69, 9.17) is 0 Å². The van der Waals surface area contributed by atoms with Crippen molar-refractivity contribution in [1.82, 2.24) is 0 Å². The van der Waals surface area contributed by atoms with E-state index in [9.17, 15) is 8.76 Å². The Balaban J connectivity index is 0.000000241. The molecule has 0 heterocycles. The van der Waals surface area contributed by atoms with Crippen molar-refractivity contribution in [3.05, 3.63) is 48.6 Å². The van der Waals surface area contributed by atoms with Crippen molar-refractivity contribution in [1.29, 1.82) is 0 Å². The summed E-state index contributed by atoms with van der Waals surface area (Å²) in [5.41, 5.74) is 1.32. The average molecular weight is 213 g/mol. The van der Waals surface area contributed by atoms with E-state index in [1.54, 1.807) is 0 Å². The van der Waals surface area contributed by atoms with Gasteiger partial charge in [-0.2, -0.15) is 0 Å². The SMILES string of the molecule is C=CCOS(=O)[O-].Cc1ccccc1. The minimum Gasteiger partial charge on any atom is -0.750 e. The molecule has 0 aromatic heterocycles. The maximum Gasteiger partial charge on any atom is 0.0845 e. The van der Waals surface area contributed by atoms with Crippen molar-refractivity contribution in [2.45, 2.75) is 6.92 Å². The fourth-order valence-electron chi connectivity index (χ4n) is 0.638. The highest BCUT2D eigenvalue weighted by molar-refractivity contribution is 7.74. The molecule has 0 saturated carbocycles. The van der Waals surface area contributed by atoms with Crippen LogP contribution in [-0.4, -0.2) is 15.4 Å². The van der Waals surface area contributed by atoms with Crippen molar-refractivity contribution in [3.8, 4) is 0 Å². The zero-order valence-corrected chi connectivity index (χ0v) is 8.83. The Hall–Kier alpha value is -0.970. The van der Waals surface area contributed by atoms with Gasteiger partial charge in [-0.3, -0.25) is 4.18 Å². The summed E-state index contributed by atoms with van der Waals surface area (Å²) >= 11 is -2.39. The third kappa shape index (κ3) is 9.12. The monoisotopic (exact) mass is 213 g/mol. The molecule has 0 radical (unpaired) electrons. The van der Waals surface area contributed by atoms with Crippen LogP contribution >= 0.6 is 0 Å². The quantitative estimate of drug-likeness (QED) is 0.569. The van der Waals surface area contributed by atoms with Gasteiger partial charge in [0.15, 0.2) is 0 Å². The summed E-state index contributed by atoms with van der Waals surface area (Å²) in [5.74, 6) is 0. The highest BCUT2D eigenvalue weighted by Gasteiger charge is 1.73.